The van der Waals surface area contributed by atoms with Crippen LogP contribution in [0.3, 0.4) is 0 Å². The van der Waals surface area contributed by atoms with E-state index in [9.17, 15) is 4.79 Å². The molecule has 0 saturated heterocycles. The van der Waals surface area contributed by atoms with Crippen LogP contribution in [0.15, 0.2) is 12.1 Å². The highest BCUT2D eigenvalue weighted by Crippen LogP contribution is 2.33. The number of nitrogens with one attached hydrogen (secondary N) is 1. The van der Waals surface area contributed by atoms with E-state index < -0.39 is 0 Å². The number of hydrogen-bond acceptors (Lipinski definition) is 3. The fourth-order valence-electron chi connectivity index (χ4n) is 1.58. The molecule has 4 nitrogen and oxygen atoms in total. The molecule has 0 saturated carbocycles. The van der Waals surface area contributed by atoms with E-state index in [1.54, 1.807) is 13.2 Å². The van der Waals surface area contributed by atoms with E-state index in [2.05, 4.69) is 5.32 Å². The number of carbonyl (C=O) groups is 1. The Morgan fingerprint density at radius 3 is 2.63 bits per heavy atom. The summed E-state index contributed by atoms with van der Waals surface area (Å²) < 4.78 is 10.6. The van der Waals surface area contributed by atoms with Crippen LogP contribution < -0.4 is 10.1 Å². The van der Waals surface area contributed by atoms with Gasteiger partial charge < -0.3 is 14.8 Å². The average Bonchev–Trinajstić information content (AvgIpc) is 2.33. The largest absolute Gasteiger partial charge is 0.492 e. The zero-order valence-corrected chi connectivity index (χ0v) is 12.5. The van der Waals surface area contributed by atoms with Gasteiger partial charge in [-0.25, -0.2) is 0 Å². The smallest absolute Gasteiger partial charge is 0.226 e. The monoisotopic (exact) mass is 285 g/mol. The van der Waals surface area contributed by atoms with E-state index in [1.165, 1.54) is 0 Å². The fourth-order valence-corrected chi connectivity index (χ4v) is 1.87. The van der Waals surface area contributed by atoms with Crippen molar-refractivity contribution in [2.75, 3.05) is 19.0 Å². The lowest BCUT2D eigenvalue weighted by Crippen LogP contribution is -2.18. The maximum Gasteiger partial charge on any atom is 0.226 e. The second kappa shape index (κ2) is 7.36. The third kappa shape index (κ3) is 4.40. The molecule has 0 aliphatic carbocycles. The van der Waals surface area contributed by atoms with Crippen LogP contribution in [0.2, 0.25) is 5.02 Å². The minimum absolute atomic E-state index is 0.0522. The van der Waals surface area contributed by atoms with Gasteiger partial charge in [0, 0.05) is 24.3 Å². The van der Waals surface area contributed by atoms with E-state index in [-0.39, 0.29) is 11.8 Å². The molecular weight excluding hydrogens is 266 g/mol. The molecule has 1 amide bonds. The summed E-state index contributed by atoms with van der Waals surface area (Å²) in [7, 11) is 1.60. The van der Waals surface area contributed by atoms with Gasteiger partial charge in [-0.2, -0.15) is 0 Å². The highest BCUT2D eigenvalue weighted by atomic mass is 35.5. The van der Waals surface area contributed by atoms with Gasteiger partial charge in [0.2, 0.25) is 5.91 Å². The van der Waals surface area contributed by atoms with Crippen LogP contribution in [0.5, 0.6) is 5.75 Å². The Morgan fingerprint density at radius 1 is 1.42 bits per heavy atom. The molecule has 0 heterocycles. The lowest BCUT2D eigenvalue weighted by atomic mass is 10.1. The van der Waals surface area contributed by atoms with Crippen molar-refractivity contribution < 1.29 is 14.3 Å². The molecule has 0 aliphatic heterocycles. The molecule has 106 valence electrons. The first-order valence-corrected chi connectivity index (χ1v) is 6.62. The zero-order valence-electron chi connectivity index (χ0n) is 11.7. The van der Waals surface area contributed by atoms with Gasteiger partial charge in [0.15, 0.2) is 0 Å². The topological polar surface area (TPSA) is 47.6 Å². The quantitative estimate of drug-likeness (QED) is 0.870. The van der Waals surface area contributed by atoms with Crippen LogP contribution in [0, 0.1) is 5.92 Å². The van der Waals surface area contributed by atoms with Crippen LogP contribution >= 0.6 is 11.6 Å². The highest BCUT2D eigenvalue weighted by molar-refractivity contribution is 6.32. The molecule has 0 bridgehead atoms. The van der Waals surface area contributed by atoms with Crippen molar-refractivity contribution in [2.24, 2.45) is 5.92 Å². The van der Waals surface area contributed by atoms with Crippen LogP contribution in [-0.4, -0.2) is 19.6 Å². The number of rotatable bonds is 6. The summed E-state index contributed by atoms with van der Waals surface area (Å²) >= 11 is 6.18. The second-order valence-electron chi connectivity index (χ2n) is 4.46. The summed E-state index contributed by atoms with van der Waals surface area (Å²) in [6, 6.07) is 3.51. The predicted octanol–water partition coefficient (Wildman–Crippen LogP) is 3.48. The molecule has 0 atom stereocenters. The SMILES string of the molecule is CCOc1c(Cl)cc(NC(=O)C(C)C)cc1COC. The van der Waals surface area contributed by atoms with Crippen LogP contribution in [0.25, 0.3) is 0 Å². The number of methoxy groups -OCH3 is 1. The van der Waals surface area contributed by atoms with Gasteiger partial charge in [0.1, 0.15) is 5.75 Å². The van der Waals surface area contributed by atoms with Gasteiger partial charge in [-0.3, -0.25) is 4.79 Å². The van der Waals surface area contributed by atoms with E-state index in [0.29, 0.717) is 29.7 Å². The Morgan fingerprint density at radius 2 is 2.11 bits per heavy atom. The first-order chi connectivity index (χ1) is 8.99. The first kappa shape index (κ1) is 15.8. The normalized spacial score (nSPS) is 10.6. The van der Waals surface area contributed by atoms with Crippen molar-refractivity contribution in [2.45, 2.75) is 27.4 Å². The van der Waals surface area contributed by atoms with Gasteiger partial charge in [-0.1, -0.05) is 25.4 Å². The molecular formula is C14H20ClNO3. The first-order valence-electron chi connectivity index (χ1n) is 6.24. The van der Waals surface area contributed by atoms with Crippen molar-refractivity contribution in [1.29, 1.82) is 0 Å². The number of halogens is 1. The third-order valence-corrected chi connectivity index (χ3v) is 2.78. The van der Waals surface area contributed by atoms with Crippen molar-refractivity contribution in [3.63, 3.8) is 0 Å². The van der Waals surface area contributed by atoms with Gasteiger partial charge in [0.25, 0.3) is 0 Å². The Hall–Kier alpha value is -1.26. The van der Waals surface area contributed by atoms with Crippen molar-refractivity contribution in [3.8, 4) is 5.75 Å². The van der Waals surface area contributed by atoms with Gasteiger partial charge in [-0.15, -0.1) is 0 Å². The highest BCUT2D eigenvalue weighted by Gasteiger charge is 2.13. The molecule has 0 aromatic heterocycles. The predicted molar refractivity (Wildman–Crippen MR) is 76.8 cm³/mol. The molecule has 1 aromatic rings. The lowest BCUT2D eigenvalue weighted by Gasteiger charge is -2.15. The Kier molecular flexibility index (Phi) is 6.12. The molecule has 1 rings (SSSR count). The van der Waals surface area contributed by atoms with Gasteiger partial charge in [0.05, 0.1) is 18.2 Å². The van der Waals surface area contributed by atoms with E-state index >= 15 is 0 Å². The lowest BCUT2D eigenvalue weighted by molar-refractivity contribution is -0.118. The summed E-state index contributed by atoms with van der Waals surface area (Å²) in [6.45, 7) is 6.46. The maximum absolute atomic E-state index is 11.7. The molecule has 0 fully saturated rings. The third-order valence-electron chi connectivity index (χ3n) is 2.50. The van der Waals surface area contributed by atoms with Crippen LogP contribution in [0.4, 0.5) is 5.69 Å². The van der Waals surface area contributed by atoms with Crippen molar-refractivity contribution >= 4 is 23.2 Å². The maximum atomic E-state index is 11.7. The summed E-state index contributed by atoms with van der Waals surface area (Å²) in [5.74, 6) is 0.466. The number of ether oxygens (including phenoxy) is 2. The number of hydrogen-bond donors (Lipinski definition) is 1. The van der Waals surface area contributed by atoms with Gasteiger partial charge in [-0.05, 0) is 19.1 Å². The van der Waals surface area contributed by atoms with Crippen LogP contribution in [-0.2, 0) is 16.1 Å². The number of benzene rings is 1. The number of amides is 1. The Bertz CT molecular complexity index is 447. The van der Waals surface area contributed by atoms with Crippen molar-refractivity contribution in [1.82, 2.24) is 0 Å². The molecule has 1 aromatic carbocycles. The Labute approximate surface area is 119 Å². The molecule has 1 N–H and O–H groups in total. The minimum Gasteiger partial charge on any atom is -0.492 e. The Balaban J connectivity index is 3.05. The fraction of sp³-hybridized carbons (Fsp3) is 0.500. The zero-order chi connectivity index (χ0) is 14.4. The van der Waals surface area contributed by atoms with Crippen molar-refractivity contribution in [3.05, 3.63) is 22.7 Å². The summed E-state index contributed by atoms with van der Waals surface area (Å²) in [4.78, 5) is 11.7. The summed E-state index contributed by atoms with van der Waals surface area (Å²) in [5, 5.41) is 3.28. The molecule has 19 heavy (non-hydrogen) atoms. The van der Waals surface area contributed by atoms with E-state index in [4.69, 9.17) is 21.1 Å². The molecule has 0 aliphatic rings. The summed E-state index contributed by atoms with van der Waals surface area (Å²) in [6.07, 6.45) is 0. The number of carbonyl (C=O) groups excluding carboxylic acids is 1. The molecule has 0 unspecified atom stereocenters. The molecule has 5 heteroatoms. The minimum atomic E-state index is -0.0868. The average molecular weight is 286 g/mol. The number of anilines is 1. The van der Waals surface area contributed by atoms with Crippen LogP contribution in [0.1, 0.15) is 26.3 Å². The van der Waals surface area contributed by atoms with Gasteiger partial charge >= 0.3 is 0 Å². The molecule has 0 spiro atoms. The molecule has 0 radical (unpaired) electrons. The standard InChI is InChI=1S/C14H20ClNO3/c1-5-19-13-10(8-18-4)6-11(7-12(13)15)16-14(17)9(2)3/h6-7,9H,5,8H2,1-4H3,(H,16,17). The summed E-state index contributed by atoms with van der Waals surface area (Å²) in [5.41, 5.74) is 1.47. The van der Waals surface area contributed by atoms with E-state index in [1.807, 2.05) is 26.8 Å². The second-order valence-corrected chi connectivity index (χ2v) is 4.86. The van der Waals surface area contributed by atoms with E-state index in [0.717, 1.165) is 5.56 Å².